The third-order valence-corrected chi connectivity index (χ3v) is 5.62. The van der Waals surface area contributed by atoms with E-state index < -0.39 is 0 Å². The number of hydrogen-bond donors (Lipinski definition) is 1. The van der Waals surface area contributed by atoms with Crippen molar-refractivity contribution in [2.75, 3.05) is 0 Å². The van der Waals surface area contributed by atoms with Crippen LogP contribution in [0, 0.1) is 0 Å². The fraction of sp³-hybridized carbons (Fsp3) is 0.188. The number of benzene rings is 1. The lowest BCUT2D eigenvalue weighted by Gasteiger charge is -2.10. The molecule has 0 aliphatic rings. The molecule has 1 aromatic carbocycles. The summed E-state index contributed by atoms with van der Waals surface area (Å²) in [6.45, 7) is 2.60. The Hall–Kier alpha value is -2.52. The summed E-state index contributed by atoms with van der Waals surface area (Å²) >= 11 is 3.13. The number of para-hydroxylation sites is 1. The Morgan fingerprint density at radius 1 is 1.28 bits per heavy atom. The van der Waals surface area contributed by atoms with E-state index >= 15 is 0 Å². The zero-order valence-electron chi connectivity index (χ0n) is 13.3. The summed E-state index contributed by atoms with van der Waals surface area (Å²) in [5, 5.41) is 15.1. The molecule has 0 aliphatic carbocycles. The van der Waals surface area contributed by atoms with E-state index in [-0.39, 0.29) is 10.8 Å². The number of hydrogen-bond acceptors (Lipinski definition) is 7. The number of tetrazole rings is 1. The van der Waals surface area contributed by atoms with E-state index in [2.05, 4.69) is 25.5 Å². The van der Waals surface area contributed by atoms with Gasteiger partial charge >= 0.3 is 0 Å². The monoisotopic (exact) mass is 370 g/mol. The normalized spacial score (nSPS) is 12.5. The Kier molecular flexibility index (Phi) is 4.33. The summed E-state index contributed by atoms with van der Waals surface area (Å²) in [4.78, 5) is 20.8. The molecule has 1 atom stereocenters. The number of aromatic amines is 1. The fourth-order valence-corrected chi connectivity index (χ4v) is 3.97. The highest BCUT2D eigenvalue weighted by molar-refractivity contribution is 7.99. The fourth-order valence-electron chi connectivity index (χ4n) is 2.44. The van der Waals surface area contributed by atoms with Crippen LogP contribution >= 0.6 is 23.1 Å². The van der Waals surface area contributed by atoms with E-state index in [1.807, 2.05) is 42.6 Å². The van der Waals surface area contributed by atoms with Gasteiger partial charge in [-0.05, 0) is 40.9 Å². The first-order chi connectivity index (χ1) is 12.2. The Bertz CT molecular complexity index is 1060. The first kappa shape index (κ1) is 16.0. The van der Waals surface area contributed by atoms with Crippen molar-refractivity contribution in [2.45, 2.75) is 23.9 Å². The molecule has 3 heterocycles. The molecule has 0 amide bonds. The second-order valence-electron chi connectivity index (χ2n) is 5.43. The molecule has 0 saturated carbocycles. The SMILES string of the molecule is C[C@H](Sc1nnnn1Cc1cccs1)c1nc2ccccc2c(=O)[nH]1. The number of nitrogens with zero attached hydrogens (tertiary/aromatic N) is 5. The van der Waals surface area contributed by atoms with Crippen molar-refractivity contribution in [3.63, 3.8) is 0 Å². The van der Waals surface area contributed by atoms with Crippen molar-refractivity contribution in [1.29, 1.82) is 0 Å². The molecule has 0 bridgehead atoms. The lowest BCUT2D eigenvalue weighted by atomic mass is 10.2. The van der Waals surface area contributed by atoms with Gasteiger partial charge in [-0.2, -0.15) is 0 Å². The first-order valence-electron chi connectivity index (χ1n) is 7.65. The van der Waals surface area contributed by atoms with E-state index in [4.69, 9.17) is 0 Å². The molecule has 0 aliphatic heterocycles. The third kappa shape index (κ3) is 3.33. The molecule has 0 saturated heterocycles. The van der Waals surface area contributed by atoms with E-state index in [0.717, 1.165) is 0 Å². The second kappa shape index (κ2) is 6.77. The van der Waals surface area contributed by atoms with Crippen molar-refractivity contribution in [1.82, 2.24) is 30.2 Å². The lowest BCUT2D eigenvalue weighted by Crippen LogP contribution is -2.13. The predicted octanol–water partition coefficient (Wildman–Crippen LogP) is 2.87. The molecular formula is C16H14N6OS2. The number of thiophene rings is 1. The molecule has 4 aromatic rings. The zero-order chi connectivity index (χ0) is 17.2. The summed E-state index contributed by atoms with van der Waals surface area (Å²) in [6, 6.07) is 11.4. The van der Waals surface area contributed by atoms with Crippen molar-refractivity contribution < 1.29 is 0 Å². The molecule has 0 radical (unpaired) electrons. The molecule has 0 unspecified atom stereocenters. The van der Waals surface area contributed by atoms with Gasteiger partial charge in [0.15, 0.2) is 0 Å². The van der Waals surface area contributed by atoms with Crippen LogP contribution in [0.1, 0.15) is 22.9 Å². The highest BCUT2D eigenvalue weighted by Gasteiger charge is 2.17. The maximum atomic E-state index is 12.2. The van der Waals surface area contributed by atoms with Crippen LogP contribution in [-0.2, 0) is 6.54 Å². The van der Waals surface area contributed by atoms with Gasteiger partial charge in [-0.3, -0.25) is 4.79 Å². The highest BCUT2D eigenvalue weighted by atomic mass is 32.2. The Balaban J connectivity index is 1.60. The summed E-state index contributed by atoms with van der Waals surface area (Å²) in [5.41, 5.74) is 0.554. The molecule has 3 aromatic heterocycles. The second-order valence-corrected chi connectivity index (χ2v) is 7.77. The smallest absolute Gasteiger partial charge is 0.258 e. The van der Waals surface area contributed by atoms with Crippen LogP contribution in [0.5, 0.6) is 0 Å². The minimum atomic E-state index is -0.133. The molecule has 9 heteroatoms. The third-order valence-electron chi connectivity index (χ3n) is 3.68. The first-order valence-corrected chi connectivity index (χ1v) is 9.41. The maximum Gasteiger partial charge on any atom is 0.258 e. The Morgan fingerprint density at radius 2 is 2.16 bits per heavy atom. The average molecular weight is 370 g/mol. The average Bonchev–Trinajstić information content (AvgIpc) is 3.28. The topological polar surface area (TPSA) is 89.3 Å². The van der Waals surface area contributed by atoms with Crippen LogP contribution in [0.25, 0.3) is 10.9 Å². The van der Waals surface area contributed by atoms with E-state index in [9.17, 15) is 4.79 Å². The van der Waals surface area contributed by atoms with E-state index in [0.29, 0.717) is 28.4 Å². The Morgan fingerprint density at radius 3 is 3.00 bits per heavy atom. The molecule has 25 heavy (non-hydrogen) atoms. The number of aromatic nitrogens is 6. The van der Waals surface area contributed by atoms with Crippen molar-refractivity contribution in [3.05, 3.63) is 62.8 Å². The molecule has 4 rings (SSSR count). The number of H-pyrrole nitrogens is 1. The summed E-state index contributed by atoms with van der Waals surface area (Å²) in [7, 11) is 0. The minimum absolute atomic E-state index is 0.0922. The molecule has 0 spiro atoms. The van der Waals surface area contributed by atoms with Gasteiger partial charge in [0.1, 0.15) is 5.82 Å². The van der Waals surface area contributed by atoms with Gasteiger partial charge in [-0.25, -0.2) is 9.67 Å². The highest BCUT2D eigenvalue weighted by Crippen LogP contribution is 2.31. The molecular weight excluding hydrogens is 356 g/mol. The number of nitrogens with one attached hydrogen (secondary N) is 1. The van der Waals surface area contributed by atoms with Gasteiger partial charge < -0.3 is 4.98 Å². The number of thioether (sulfide) groups is 1. The molecule has 126 valence electrons. The van der Waals surface area contributed by atoms with Gasteiger partial charge in [0, 0.05) is 4.88 Å². The lowest BCUT2D eigenvalue weighted by molar-refractivity contribution is 0.607. The van der Waals surface area contributed by atoms with Crippen LogP contribution < -0.4 is 5.56 Å². The van der Waals surface area contributed by atoms with Gasteiger partial charge in [-0.1, -0.05) is 30.0 Å². The summed E-state index contributed by atoms with van der Waals surface area (Å²) in [6.07, 6.45) is 0. The summed E-state index contributed by atoms with van der Waals surface area (Å²) < 4.78 is 1.76. The molecule has 0 fully saturated rings. The minimum Gasteiger partial charge on any atom is -0.309 e. The standard InChI is InChI=1S/C16H14N6OS2/c1-10(14-17-13-7-3-2-6-12(13)15(23)18-14)25-16-19-20-21-22(16)9-11-5-4-8-24-11/h2-8,10H,9H2,1H3,(H,17,18,23)/t10-/m0/s1. The van der Waals surface area contributed by atoms with Crippen molar-refractivity contribution in [2.24, 2.45) is 0 Å². The number of rotatable bonds is 5. The van der Waals surface area contributed by atoms with Gasteiger partial charge in [0.05, 0.1) is 22.7 Å². The summed E-state index contributed by atoms with van der Waals surface area (Å²) in [5.74, 6) is 0.611. The Labute approximate surface area is 151 Å². The van der Waals surface area contributed by atoms with Crippen LogP contribution in [0.2, 0.25) is 0 Å². The predicted molar refractivity (Wildman–Crippen MR) is 97.9 cm³/mol. The van der Waals surface area contributed by atoms with Crippen molar-refractivity contribution >= 4 is 34.0 Å². The van der Waals surface area contributed by atoms with Crippen LogP contribution in [0.3, 0.4) is 0 Å². The largest absolute Gasteiger partial charge is 0.309 e. The van der Waals surface area contributed by atoms with Gasteiger partial charge in [-0.15, -0.1) is 16.4 Å². The van der Waals surface area contributed by atoms with Crippen LogP contribution in [0.15, 0.2) is 51.7 Å². The molecule has 7 nitrogen and oxygen atoms in total. The van der Waals surface area contributed by atoms with Crippen LogP contribution in [-0.4, -0.2) is 30.2 Å². The van der Waals surface area contributed by atoms with Gasteiger partial charge in [0.2, 0.25) is 5.16 Å². The zero-order valence-corrected chi connectivity index (χ0v) is 14.9. The van der Waals surface area contributed by atoms with Gasteiger partial charge in [0.25, 0.3) is 5.56 Å². The maximum absolute atomic E-state index is 12.2. The number of fused-ring (bicyclic) bond motifs is 1. The van der Waals surface area contributed by atoms with E-state index in [1.165, 1.54) is 16.6 Å². The van der Waals surface area contributed by atoms with E-state index in [1.54, 1.807) is 22.1 Å². The van der Waals surface area contributed by atoms with Crippen LogP contribution in [0.4, 0.5) is 0 Å². The van der Waals surface area contributed by atoms with Crippen molar-refractivity contribution in [3.8, 4) is 0 Å². The quantitative estimate of drug-likeness (QED) is 0.543. The molecule has 1 N–H and O–H groups in total.